The summed E-state index contributed by atoms with van der Waals surface area (Å²) < 4.78 is 2.39. The van der Waals surface area contributed by atoms with Gasteiger partial charge in [-0.1, -0.05) is 18.6 Å². The summed E-state index contributed by atoms with van der Waals surface area (Å²) in [4.78, 5) is 16.1. The van der Waals surface area contributed by atoms with Gasteiger partial charge in [-0.25, -0.2) is 0 Å². The highest BCUT2D eigenvalue weighted by Crippen LogP contribution is 2.51. The first-order chi connectivity index (χ1) is 10.1. The summed E-state index contributed by atoms with van der Waals surface area (Å²) in [5.41, 5.74) is 0.897. The third-order valence-electron chi connectivity index (χ3n) is 5.66. The van der Waals surface area contributed by atoms with Crippen LogP contribution < -0.4 is 5.56 Å². The van der Waals surface area contributed by atoms with Gasteiger partial charge in [0.2, 0.25) is 0 Å². The van der Waals surface area contributed by atoms with E-state index in [1.165, 1.54) is 25.7 Å². The van der Waals surface area contributed by atoms with Crippen molar-refractivity contribution in [2.24, 2.45) is 17.8 Å². The molecule has 2 aliphatic rings. The highest BCUT2D eigenvalue weighted by Gasteiger charge is 2.42. The zero-order chi connectivity index (χ0) is 14.6. The van der Waals surface area contributed by atoms with E-state index in [1.54, 1.807) is 0 Å². The van der Waals surface area contributed by atoms with Crippen molar-refractivity contribution in [2.75, 3.05) is 0 Å². The molecule has 0 spiro atoms. The van der Waals surface area contributed by atoms with Gasteiger partial charge in [0.25, 0.3) is 5.56 Å². The minimum absolute atomic E-state index is 0.0598. The standard InChI is InChI=1S/C17H20N2OS/c1-10(14-9-11-6-7-12(14)8-11)19-16(20)13-4-2-3-5-15(13)18-17(19)21/h2-5,10-12,14H,6-9H2,1H3,(H,18,21)/t10-,11+,12+,14+/m1/s1. The lowest BCUT2D eigenvalue weighted by atomic mass is 9.84. The van der Waals surface area contributed by atoms with Crippen molar-refractivity contribution in [1.29, 1.82) is 0 Å². The number of hydrogen-bond donors (Lipinski definition) is 1. The maximum atomic E-state index is 12.8. The number of nitrogens with one attached hydrogen (secondary N) is 1. The Morgan fingerprint density at radius 1 is 1.29 bits per heavy atom. The lowest BCUT2D eigenvalue weighted by Gasteiger charge is -2.29. The molecular formula is C17H20N2OS. The van der Waals surface area contributed by atoms with E-state index in [0.717, 1.165) is 22.7 Å². The molecule has 2 bridgehead atoms. The first kappa shape index (κ1) is 13.3. The fraction of sp³-hybridized carbons (Fsp3) is 0.529. The topological polar surface area (TPSA) is 37.8 Å². The molecule has 110 valence electrons. The molecule has 4 atom stereocenters. The summed E-state index contributed by atoms with van der Waals surface area (Å²) in [6, 6.07) is 7.83. The van der Waals surface area contributed by atoms with Crippen LogP contribution in [0.4, 0.5) is 0 Å². The van der Waals surface area contributed by atoms with Crippen molar-refractivity contribution < 1.29 is 0 Å². The van der Waals surface area contributed by atoms with E-state index in [0.29, 0.717) is 10.7 Å². The van der Waals surface area contributed by atoms with Gasteiger partial charge in [-0.15, -0.1) is 0 Å². The van der Waals surface area contributed by atoms with Gasteiger partial charge in [0.05, 0.1) is 10.9 Å². The van der Waals surface area contributed by atoms with Crippen LogP contribution in [0.3, 0.4) is 0 Å². The summed E-state index contributed by atoms with van der Waals surface area (Å²) in [5.74, 6) is 2.28. The molecule has 0 amide bonds. The van der Waals surface area contributed by atoms with Crippen LogP contribution in [-0.2, 0) is 0 Å². The van der Waals surface area contributed by atoms with Crippen LogP contribution in [0.5, 0.6) is 0 Å². The molecular weight excluding hydrogens is 280 g/mol. The lowest BCUT2D eigenvalue weighted by molar-refractivity contribution is 0.237. The second-order valence-corrected chi connectivity index (χ2v) is 7.12. The summed E-state index contributed by atoms with van der Waals surface area (Å²) in [6.45, 7) is 2.17. The van der Waals surface area contributed by atoms with Crippen LogP contribution in [-0.4, -0.2) is 9.55 Å². The maximum Gasteiger partial charge on any atom is 0.262 e. The average Bonchev–Trinajstić information content (AvgIpc) is 3.10. The number of hydrogen-bond acceptors (Lipinski definition) is 2. The molecule has 1 N–H and O–H groups in total. The van der Waals surface area contributed by atoms with Crippen molar-refractivity contribution in [3.8, 4) is 0 Å². The van der Waals surface area contributed by atoms with Gasteiger partial charge in [0.15, 0.2) is 4.77 Å². The fourth-order valence-corrected chi connectivity index (χ4v) is 4.98. The Morgan fingerprint density at radius 3 is 2.81 bits per heavy atom. The third kappa shape index (κ3) is 2.00. The number of para-hydroxylation sites is 1. The van der Waals surface area contributed by atoms with Gasteiger partial charge in [-0.05, 0) is 68.3 Å². The Hall–Kier alpha value is -1.42. The molecule has 4 heteroatoms. The average molecular weight is 300 g/mol. The number of nitrogens with zero attached hydrogens (tertiary/aromatic N) is 1. The fourth-order valence-electron chi connectivity index (χ4n) is 4.62. The SMILES string of the molecule is C[C@H]([C@@H]1C[C@H]2CC[C@H]1C2)n1c(=S)[nH]c2ccccc2c1=O. The van der Waals surface area contributed by atoms with Gasteiger partial charge in [-0.3, -0.25) is 9.36 Å². The molecule has 3 nitrogen and oxygen atoms in total. The summed E-state index contributed by atoms with van der Waals surface area (Å²) in [7, 11) is 0. The summed E-state index contributed by atoms with van der Waals surface area (Å²) in [6.07, 6.45) is 5.33. The molecule has 2 aliphatic carbocycles. The Bertz CT molecular complexity index is 806. The first-order valence-corrected chi connectivity index (χ1v) is 8.29. The van der Waals surface area contributed by atoms with E-state index in [4.69, 9.17) is 12.2 Å². The minimum Gasteiger partial charge on any atom is -0.332 e. The zero-order valence-electron chi connectivity index (χ0n) is 12.2. The van der Waals surface area contributed by atoms with E-state index in [2.05, 4.69) is 11.9 Å². The minimum atomic E-state index is 0.0598. The smallest absolute Gasteiger partial charge is 0.262 e. The van der Waals surface area contributed by atoms with Gasteiger partial charge in [-0.2, -0.15) is 0 Å². The lowest BCUT2D eigenvalue weighted by Crippen LogP contribution is -2.31. The Morgan fingerprint density at radius 2 is 2.10 bits per heavy atom. The molecule has 0 radical (unpaired) electrons. The third-order valence-corrected chi connectivity index (χ3v) is 5.96. The Kier molecular flexibility index (Phi) is 3.03. The number of aromatic nitrogens is 2. The Labute approximate surface area is 129 Å². The van der Waals surface area contributed by atoms with Gasteiger partial charge >= 0.3 is 0 Å². The van der Waals surface area contributed by atoms with Crippen LogP contribution in [0, 0.1) is 22.5 Å². The number of fused-ring (bicyclic) bond motifs is 3. The van der Waals surface area contributed by atoms with Gasteiger partial charge in [0, 0.05) is 6.04 Å². The van der Waals surface area contributed by atoms with E-state index in [1.807, 2.05) is 28.8 Å². The molecule has 2 fully saturated rings. The molecule has 2 saturated carbocycles. The number of aromatic amines is 1. The summed E-state index contributed by atoms with van der Waals surface area (Å²) in [5, 5.41) is 0.737. The number of H-pyrrole nitrogens is 1. The van der Waals surface area contributed by atoms with Crippen LogP contribution in [0.2, 0.25) is 0 Å². The van der Waals surface area contributed by atoms with Crippen LogP contribution >= 0.6 is 12.2 Å². The monoisotopic (exact) mass is 300 g/mol. The van der Waals surface area contributed by atoms with Crippen LogP contribution in [0.25, 0.3) is 10.9 Å². The van der Waals surface area contributed by atoms with Crippen molar-refractivity contribution in [1.82, 2.24) is 9.55 Å². The maximum absolute atomic E-state index is 12.8. The predicted molar refractivity (Wildman–Crippen MR) is 87.0 cm³/mol. The van der Waals surface area contributed by atoms with E-state index in [9.17, 15) is 4.79 Å². The number of benzene rings is 1. The largest absolute Gasteiger partial charge is 0.332 e. The highest BCUT2D eigenvalue weighted by molar-refractivity contribution is 7.71. The molecule has 2 aromatic rings. The molecule has 1 heterocycles. The summed E-state index contributed by atoms with van der Waals surface area (Å²) >= 11 is 5.47. The van der Waals surface area contributed by atoms with Gasteiger partial charge < -0.3 is 4.98 Å². The highest BCUT2D eigenvalue weighted by atomic mass is 32.1. The first-order valence-electron chi connectivity index (χ1n) is 7.88. The molecule has 1 aromatic carbocycles. The van der Waals surface area contributed by atoms with Crippen LogP contribution in [0.1, 0.15) is 38.6 Å². The molecule has 0 aliphatic heterocycles. The van der Waals surface area contributed by atoms with Gasteiger partial charge in [0.1, 0.15) is 0 Å². The van der Waals surface area contributed by atoms with Crippen molar-refractivity contribution in [3.05, 3.63) is 39.4 Å². The van der Waals surface area contributed by atoms with Crippen LogP contribution in [0.15, 0.2) is 29.1 Å². The quantitative estimate of drug-likeness (QED) is 0.849. The Balaban J connectivity index is 1.83. The zero-order valence-corrected chi connectivity index (χ0v) is 13.0. The second kappa shape index (κ2) is 4.80. The molecule has 0 unspecified atom stereocenters. The van der Waals surface area contributed by atoms with Crippen molar-refractivity contribution in [2.45, 2.75) is 38.6 Å². The van der Waals surface area contributed by atoms with Crippen molar-refractivity contribution in [3.63, 3.8) is 0 Å². The molecule has 1 aromatic heterocycles. The molecule has 0 saturated heterocycles. The second-order valence-electron chi connectivity index (χ2n) is 6.73. The van der Waals surface area contributed by atoms with E-state index < -0.39 is 0 Å². The molecule has 21 heavy (non-hydrogen) atoms. The van der Waals surface area contributed by atoms with E-state index in [-0.39, 0.29) is 11.6 Å². The molecule has 4 rings (SSSR count). The normalized spacial score (nSPS) is 29.1. The number of rotatable bonds is 2. The predicted octanol–water partition coefficient (Wildman–Crippen LogP) is 4.06. The van der Waals surface area contributed by atoms with E-state index >= 15 is 0 Å². The van der Waals surface area contributed by atoms with Crippen molar-refractivity contribution >= 4 is 23.1 Å².